The molecule has 0 saturated carbocycles. The highest BCUT2D eigenvalue weighted by Gasteiger charge is 2.19. The van der Waals surface area contributed by atoms with Gasteiger partial charge >= 0.3 is 0 Å². The van der Waals surface area contributed by atoms with Gasteiger partial charge in [0.15, 0.2) is 0 Å². The quantitative estimate of drug-likeness (QED) is 0.847. The summed E-state index contributed by atoms with van der Waals surface area (Å²) in [6.45, 7) is 4.42. The first-order valence-corrected chi connectivity index (χ1v) is 6.30. The number of hydrogen-bond acceptors (Lipinski definition) is 3. The average Bonchev–Trinajstić information content (AvgIpc) is 2.58. The Morgan fingerprint density at radius 2 is 2.40 bits per heavy atom. The number of nitrogens with zero attached hydrogens (tertiary/aromatic N) is 2. The van der Waals surface area contributed by atoms with Crippen molar-refractivity contribution in [2.75, 3.05) is 25.5 Å². The zero-order chi connectivity index (χ0) is 10.8. The van der Waals surface area contributed by atoms with Crippen LogP contribution in [0, 0.1) is 10.5 Å². The van der Waals surface area contributed by atoms with E-state index < -0.39 is 0 Å². The fraction of sp³-hybridized carbons (Fsp3) is 0.545. The fourth-order valence-corrected chi connectivity index (χ4v) is 2.18. The monoisotopic (exact) mass is 317 g/mol. The van der Waals surface area contributed by atoms with E-state index in [9.17, 15) is 0 Å². The maximum Gasteiger partial charge on any atom is 0.126 e. The number of halogens is 1. The van der Waals surface area contributed by atoms with Crippen LogP contribution in [0.3, 0.4) is 0 Å². The lowest BCUT2D eigenvalue weighted by molar-refractivity contribution is 0.414. The van der Waals surface area contributed by atoms with Crippen LogP contribution in [-0.2, 0) is 0 Å². The highest BCUT2D eigenvalue weighted by atomic mass is 127. The van der Waals surface area contributed by atoms with E-state index in [1.807, 2.05) is 6.20 Å². The van der Waals surface area contributed by atoms with Gasteiger partial charge in [-0.25, -0.2) is 4.98 Å². The molecule has 4 heteroatoms. The van der Waals surface area contributed by atoms with Crippen molar-refractivity contribution in [2.45, 2.75) is 19.4 Å². The second-order valence-corrected chi connectivity index (χ2v) is 5.37. The first kappa shape index (κ1) is 11.1. The normalized spacial score (nSPS) is 21.9. The molecule has 0 bridgehead atoms. The smallest absolute Gasteiger partial charge is 0.126 e. The molecule has 0 aliphatic carbocycles. The number of hydrogen-bond donors (Lipinski definition) is 1. The van der Waals surface area contributed by atoms with Crippen molar-refractivity contribution in [1.82, 2.24) is 9.88 Å². The molecule has 1 saturated heterocycles. The molecular formula is C11H16IN3. The third-order valence-electron chi connectivity index (χ3n) is 2.79. The topological polar surface area (TPSA) is 28.2 Å². The minimum atomic E-state index is 0.557. The predicted molar refractivity (Wildman–Crippen MR) is 71.2 cm³/mol. The molecule has 1 N–H and O–H groups in total. The second-order valence-electron chi connectivity index (χ2n) is 4.21. The van der Waals surface area contributed by atoms with Gasteiger partial charge < -0.3 is 10.2 Å². The molecule has 0 spiro atoms. The Balaban J connectivity index is 2.02. The van der Waals surface area contributed by atoms with Crippen LogP contribution in [0.25, 0.3) is 0 Å². The van der Waals surface area contributed by atoms with Gasteiger partial charge in [-0.15, -0.1) is 0 Å². The minimum absolute atomic E-state index is 0.557. The van der Waals surface area contributed by atoms with Gasteiger partial charge in [-0.05, 0) is 61.2 Å². The lowest BCUT2D eigenvalue weighted by Gasteiger charge is -2.14. The number of aromatic nitrogens is 1. The summed E-state index contributed by atoms with van der Waals surface area (Å²) in [5.74, 6) is 1.01. The number of rotatable bonds is 2. The van der Waals surface area contributed by atoms with Crippen LogP contribution in [0.4, 0.5) is 5.82 Å². The number of likely N-dealkylation sites (tertiary alicyclic amines) is 1. The highest BCUT2D eigenvalue weighted by Crippen LogP contribution is 2.16. The van der Waals surface area contributed by atoms with E-state index in [1.165, 1.54) is 22.1 Å². The van der Waals surface area contributed by atoms with Gasteiger partial charge in [0, 0.05) is 22.4 Å². The Kier molecular flexibility index (Phi) is 3.45. The minimum Gasteiger partial charge on any atom is -0.366 e. The molecule has 2 rings (SSSR count). The maximum atomic E-state index is 4.39. The molecular weight excluding hydrogens is 301 g/mol. The van der Waals surface area contributed by atoms with Crippen LogP contribution in [0.1, 0.15) is 12.0 Å². The molecule has 0 radical (unpaired) electrons. The summed E-state index contributed by atoms with van der Waals surface area (Å²) in [4.78, 5) is 6.73. The van der Waals surface area contributed by atoms with Gasteiger partial charge in [0.1, 0.15) is 5.82 Å². The third kappa shape index (κ3) is 2.81. The van der Waals surface area contributed by atoms with Gasteiger partial charge in [-0.3, -0.25) is 0 Å². The summed E-state index contributed by atoms with van der Waals surface area (Å²) < 4.78 is 1.22. The zero-order valence-electron chi connectivity index (χ0n) is 9.13. The number of pyridine rings is 1. The van der Waals surface area contributed by atoms with E-state index in [1.54, 1.807) is 0 Å². The van der Waals surface area contributed by atoms with Crippen LogP contribution in [0.15, 0.2) is 12.3 Å². The Morgan fingerprint density at radius 3 is 3.00 bits per heavy atom. The van der Waals surface area contributed by atoms with E-state index in [0.29, 0.717) is 6.04 Å². The van der Waals surface area contributed by atoms with Gasteiger partial charge in [0.25, 0.3) is 0 Å². The van der Waals surface area contributed by atoms with Gasteiger partial charge in [0.05, 0.1) is 0 Å². The van der Waals surface area contributed by atoms with Crippen molar-refractivity contribution in [2.24, 2.45) is 0 Å². The first-order valence-electron chi connectivity index (χ1n) is 5.22. The first-order chi connectivity index (χ1) is 7.15. The Hall–Kier alpha value is -0.360. The SMILES string of the molecule is Cc1cc(NC2CCN(C)C2)ncc1I. The van der Waals surface area contributed by atoms with Crippen LogP contribution < -0.4 is 5.32 Å². The van der Waals surface area contributed by atoms with E-state index in [2.05, 4.69) is 57.8 Å². The molecule has 0 amide bonds. The summed E-state index contributed by atoms with van der Waals surface area (Å²) in [6.07, 6.45) is 3.14. The predicted octanol–water partition coefficient (Wildman–Crippen LogP) is 2.11. The van der Waals surface area contributed by atoms with Crippen molar-refractivity contribution in [3.05, 3.63) is 21.4 Å². The van der Waals surface area contributed by atoms with Crippen LogP contribution in [-0.4, -0.2) is 36.1 Å². The van der Waals surface area contributed by atoms with Crippen molar-refractivity contribution in [3.63, 3.8) is 0 Å². The lowest BCUT2D eigenvalue weighted by Crippen LogP contribution is -2.24. The average molecular weight is 317 g/mol. The number of nitrogens with one attached hydrogen (secondary N) is 1. The van der Waals surface area contributed by atoms with Crippen molar-refractivity contribution < 1.29 is 0 Å². The third-order valence-corrected chi connectivity index (χ3v) is 3.92. The van der Waals surface area contributed by atoms with Crippen molar-refractivity contribution in [1.29, 1.82) is 0 Å². The van der Waals surface area contributed by atoms with Crippen molar-refractivity contribution in [3.8, 4) is 0 Å². The van der Waals surface area contributed by atoms with Crippen LogP contribution in [0.2, 0.25) is 0 Å². The second kappa shape index (κ2) is 4.65. The molecule has 1 aliphatic heterocycles. The molecule has 2 heterocycles. The molecule has 1 atom stereocenters. The van der Waals surface area contributed by atoms with Crippen LogP contribution >= 0.6 is 22.6 Å². The summed E-state index contributed by atoms with van der Waals surface area (Å²) in [5.41, 5.74) is 1.29. The van der Waals surface area contributed by atoms with E-state index in [-0.39, 0.29) is 0 Å². The van der Waals surface area contributed by atoms with E-state index in [0.717, 1.165) is 12.4 Å². The lowest BCUT2D eigenvalue weighted by atomic mass is 10.2. The number of anilines is 1. The van der Waals surface area contributed by atoms with Crippen molar-refractivity contribution >= 4 is 28.4 Å². The van der Waals surface area contributed by atoms with E-state index in [4.69, 9.17) is 0 Å². The summed E-state index contributed by atoms with van der Waals surface area (Å²) in [7, 11) is 2.16. The van der Waals surface area contributed by atoms with Gasteiger partial charge in [0.2, 0.25) is 0 Å². The summed E-state index contributed by atoms with van der Waals surface area (Å²) in [5, 5.41) is 3.48. The fourth-order valence-electron chi connectivity index (χ4n) is 1.88. The molecule has 0 aromatic carbocycles. The maximum absolute atomic E-state index is 4.39. The number of likely N-dealkylation sites (N-methyl/N-ethyl adjacent to an activating group) is 1. The Bertz CT molecular complexity index is 354. The molecule has 1 fully saturated rings. The Labute approximate surface area is 104 Å². The van der Waals surface area contributed by atoms with Gasteiger partial charge in [-0.1, -0.05) is 0 Å². The molecule has 1 unspecified atom stereocenters. The molecule has 1 aromatic rings. The zero-order valence-corrected chi connectivity index (χ0v) is 11.3. The van der Waals surface area contributed by atoms with Crippen LogP contribution in [0.5, 0.6) is 0 Å². The molecule has 82 valence electrons. The van der Waals surface area contributed by atoms with Gasteiger partial charge in [-0.2, -0.15) is 0 Å². The summed E-state index contributed by atoms with van der Waals surface area (Å²) >= 11 is 2.31. The van der Waals surface area contributed by atoms with E-state index >= 15 is 0 Å². The molecule has 3 nitrogen and oxygen atoms in total. The number of aryl methyl sites for hydroxylation is 1. The summed E-state index contributed by atoms with van der Waals surface area (Å²) in [6, 6.07) is 2.68. The highest BCUT2D eigenvalue weighted by molar-refractivity contribution is 14.1. The molecule has 1 aromatic heterocycles. The molecule has 15 heavy (non-hydrogen) atoms. The Morgan fingerprint density at radius 1 is 1.60 bits per heavy atom. The largest absolute Gasteiger partial charge is 0.366 e. The standard InChI is InChI=1S/C11H16IN3/c1-8-5-11(13-6-10(8)12)14-9-3-4-15(2)7-9/h5-6,9H,3-4,7H2,1-2H3,(H,13,14). The molecule has 1 aliphatic rings.